The van der Waals surface area contributed by atoms with Crippen LogP contribution in [0.15, 0.2) is 53.5 Å². The van der Waals surface area contributed by atoms with Crippen molar-refractivity contribution in [1.29, 1.82) is 0 Å². The molecule has 3 heteroatoms. The van der Waals surface area contributed by atoms with Crippen LogP contribution in [0.5, 0.6) is 0 Å². The zero-order valence-corrected chi connectivity index (χ0v) is 13.9. The van der Waals surface area contributed by atoms with Gasteiger partial charge in [0.25, 0.3) is 0 Å². The summed E-state index contributed by atoms with van der Waals surface area (Å²) in [4.78, 5) is 6.99. The average molecular weight is 298 g/mol. The molecule has 0 spiro atoms. The van der Waals surface area contributed by atoms with Gasteiger partial charge in [0.15, 0.2) is 5.17 Å². The van der Waals surface area contributed by atoms with E-state index in [2.05, 4.69) is 74.5 Å². The van der Waals surface area contributed by atoms with E-state index >= 15 is 0 Å². The number of hydrogen-bond acceptors (Lipinski definition) is 2. The van der Waals surface area contributed by atoms with Crippen molar-refractivity contribution >= 4 is 22.6 Å². The van der Waals surface area contributed by atoms with Gasteiger partial charge in [-0.1, -0.05) is 48.2 Å². The summed E-state index contributed by atoms with van der Waals surface area (Å²) in [5, 5.41) is 1.03. The molecule has 2 nitrogen and oxygen atoms in total. The van der Waals surface area contributed by atoms with Crippen molar-refractivity contribution in [1.82, 2.24) is 4.90 Å². The number of thioether (sulfide) groups is 1. The maximum absolute atomic E-state index is 4.80. The SMILES string of the molecule is CSC(=Nc1cc(C)cc(C)c1)N(C)Cc1ccccc1. The number of hydrogen-bond donors (Lipinski definition) is 0. The number of amidine groups is 1. The van der Waals surface area contributed by atoms with Gasteiger partial charge >= 0.3 is 0 Å². The number of nitrogens with zero attached hydrogens (tertiary/aromatic N) is 2. The minimum atomic E-state index is 0.866. The van der Waals surface area contributed by atoms with Gasteiger partial charge in [-0.05, 0) is 48.9 Å². The summed E-state index contributed by atoms with van der Waals surface area (Å²) < 4.78 is 0. The molecule has 2 rings (SSSR count). The molecular weight excluding hydrogens is 276 g/mol. The maximum atomic E-state index is 4.80. The van der Waals surface area contributed by atoms with Crippen LogP contribution in [0.1, 0.15) is 16.7 Å². The van der Waals surface area contributed by atoms with E-state index in [1.54, 1.807) is 11.8 Å². The molecule has 0 radical (unpaired) electrons. The van der Waals surface area contributed by atoms with Crippen LogP contribution < -0.4 is 0 Å². The molecule has 0 unspecified atom stereocenters. The lowest BCUT2D eigenvalue weighted by molar-refractivity contribution is 0.511. The zero-order chi connectivity index (χ0) is 15.2. The summed E-state index contributed by atoms with van der Waals surface area (Å²) in [7, 11) is 2.09. The summed E-state index contributed by atoms with van der Waals surface area (Å²) in [5.74, 6) is 0. The average Bonchev–Trinajstić information content (AvgIpc) is 2.44. The van der Waals surface area contributed by atoms with Gasteiger partial charge in [-0.25, -0.2) is 4.99 Å². The molecule has 0 heterocycles. The van der Waals surface area contributed by atoms with Crippen molar-refractivity contribution in [3.05, 3.63) is 65.2 Å². The van der Waals surface area contributed by atoms with E-state index in [-0.39, 0.29) is 0 Å². The lowest BCUT2D eigenvalue weighted by atomic mass is 10.1. The van der Waals surface area contributed by atoms with Crippen LogP contribution in [-0.2, 0) is 6.54 Å². The molecule has 0 aromatic heterocycles. The fraction of sp³-hybridized carbons (Fsp3) is 0.278. The Morgan fingerprint density at radius 1 is 1.05 bits per heavy atom. The normalized spacial score (nSPS) is 11.5. The number of aliphatic imine (C=N–C) groups is 1. The van der Waals surface area contributed by atoms with E-state index in [1.165, 1.54) is 16.7 Å². The van der Waals surface area contributed by atoms with Gasteiger partial charge in [-0.2, -0.15) is 0 Å². The third kappa shape index (κ3) is 4.64. The summed E-state index contributed by atoms with van der Waals surface area (Å²) in [5.41, 5.74) is 4.82. The first-order valence-electron chi connectivity index (χ1n) is 7.04. The van der Waals surface area contributed by atoms with Crippen LogP contribution in [0.4, 0.5) is 5.69 Å². The first-order chi connectivity index (χ1) is 10.1. The highest BCUT2D eigenvalue weighted by Crippen LogP contribution is 2.20. The molecule has 0 aliphatic heterocycles. The number of benzene rings is 2. The van der Waals surface area contributed by atoms with E-state index in [0.29, 0.717) is 0 Å². The first kappa shape index (κ1) is 15.6. The van der Waals surface area contributed by atoms with E-state index in [9.17, 15) is 0 Å². The van der Waals surface area contributed by atoms with Crippen molar-refractivity contribution in [3.63, 3.8) is 0 Å². The first-order valence-corrected chi connectivity index (χ1v) is 8.27. The predicted molar refractivity (Wildman–Crippen MR) is 94.4 cm³/mol. The Balaban J connectivity index is 2.19. The molecule has 110 valence electrons. The Bertz CT molecular complexity index is 600. The van der Waals surface area contributed by atoms with Crippen LogP contribution in [0.25, 0.3) is 0 Å². The predicted octanol–water partition coefficient (Wildman–Crippen LogP) is 4.79. The van der Waals surface area contributed by atoms with Crippen molar-refractivity contribution in [2.75, 3.05) is 13.3 Å². The Kier molecular flexibility index (Phi) is 5.45. The van der Waals surface area contributed by atoms with Crippen LogP contribution in [0.3, 0.4) is 0 Å². The number of aryl methyl sites for hydroxylation is 2. The molecule has 0 fully saturated rings. The molecule has 2 aromatic rings. The highest BCUT2D eigenvalue weighted by molar-refractivity contribution is 8.13. The van der Waals surface area contributed by atoms with Gasteiger partial charge in [-0.3, -0.25) is 0 Å². The molecular formula is C18H22N2S. The van der Waals surface area contributed by atoms with Crippen LogP contribution in [0.2, 0.25) is 0 Å². The summed E-state index contributed by atoms with van der Waals surface area (Å²) in [6.07, 6.45) is 2.07. The fourth-order valence-electron chi connectivity index (χ4n) is 2.34. The van der Waals surface area contributed by atoms with Gasteiger partial charge < -0.3 is 4.90 Å². The molecule has 0 saturated carbocycles. The van der Waals surface area contributed by atoms with Crippen molar-refractivity contribution in [2.24, 2.45) is 4.99 Å². The summed E-state index contributed by atoms with van der Waals surface area (Å²) >= 11 is 1.68. The molecule has 2 aromatic carbocycles. The molecule has 0 aliphatic rings. The Labute approximate surface area is 131 Å². The minimum Gasteiger partial charge on any atom is -0.350 e. The van der Waals surface area contributed by atoms with Crippen molar-refractivity contribution in [3.8, 4) is 0 Å². The third-order valence-electron chi connectivity index (χ3n) is 3.20. The highest BCUT2D eigenvalue weighted by Gasteiger charge is 2.07. The second-order valence-corrected chi connectivity index (χ2v) is 6.06. The van der Waals surface area contributed by atoms with Gasteiger partial charge in [0.2, 0.25) is 0 Å². The third-order valence-corrected chi connectivity index (χ3v) is 3.97. The van der Waals surface area contributed by atoms with Crippen molar-refractivity contribution < 1.29 is 0 Å². The molecule has 0 N–H and O–H groups in total. The van der Waals surface area contributed by atoms with E-state index in [4.69, 9.17) is 4.99 Å². The second kappa shape index (κ2) is 7.32. The van der Waals surface area contributed by atoms with Crippen LogP contribution in [-0.4, -0.2) is 23.4 Å². The van der Waals surface area contributed by atoms with Crippen LogP contribution in [0, 0.1) is 13.8 Å². The molecule has 0 aliphatic carbocycles. The largest absolute Gasteiger partial charge is 0.350 e. The van der Waals surface area contributed by atoms with E-state index in [1.807, 2.05) is 6.07 Å². The monoisotopic (exact) mass is 298 g/mol. The van der Waals surface area contributed by atoms with Gasteiger partial charge in [-0.15, -0.1) is 0 Å². The van der Waals surface area contributed by atoms with E-state index in [0.717, 1.165) is 17.4 Å². The van der Waals surface area contributed by atoms with Crippen LogP contribution >= 0.6 is 11.8 Å². The van der Waals surface area contributed by atoms with Gasteiger partial charge in [0.05, 0.1) is 5.69 Å². The second-order valence-electron chi connectivity index (χ2n) is 5.29. The molecule has 0 amide bonds. The lowest BCUT2D eigenvalue weighted by Gasteiger charge is -2.20. The summed E-state index contributed by atoms with van der Waals surface area (Å²) in [6, 6.07) is 16.9. The standard InChI is InChI=1S/C18H22N2S/c1-14-10-15(2)12-17(11-14)19-18(21-4)20(3)13-16-8-6-5-7-9-16/h5-12H,13H2,1-4H3. The Morgan fingerprint density at radius 2 is 1.67 bits per heavy atom. The number of rotatable bonds is 3. The molecule has 0 atom stereocenters. The topological polar surface area (TPSA) is 15.6 Å². The highest BCUT2D eigenvalue weighted by atomic mass is 32.2. The Hall–Kier alpha value is -1.74. The smallest absolute Gasteiger partial charge is 0.164 e. The van der Waals surface area contributed by atoms with Crippen molar-refractivity contribution in [2.45, 2.75) is 20.4 Å². The maximum Gasteiger partial charge on any atom is 0.164 e. The van der Waals surface area contributed by atoms with Gasteiger partial charge in [0.1, 0.15) is 0 Å². The lowest BCUT2D eigenvalue weighted by Crippen LogP contribution is -2.23. The quantitative estimate of drug-likeness (QED) is 0.598. The molecule has 0 saturated heterocycles. The Morgan fingerprint density at radius 3 is 2.24 bits per heavy atom. The van der Waals surface area contributed by atoms with E-state index < -0.39 is 0 Å². The molecule has 21 heavy (non-hydrogen) atoms. The fourth-order valence-corrected chi connectivity index (χ4v) is 2.91. The van der Waals surface area contributed by atoms with Gasteiger partial charge in [0, 0.05) is 13.6 Å². The zero-order valence-electron chi connectivity index (χ0n) is 13.1. The summed E-state index contributed by atoms with van der Waals surface area (Å²) in [6.45, 7) is 5.09. The minimum absolute atomic E-state index is 0.866. The molecule has 0 bridgehead atoms.